The summed E-state index contributed by atoms with van der Waals surface area (Å²) in [5, 5.41) is 0. The van der Waals surface area contributed by atoms with Gasteiger partial charge in [0, 0.05) is 30.2 Å². The van der Waals surface area contributed by atoms with Gasteiger partial charge in [-0.1, -0.05) is 19.8 Å². The number of alkyl halides is 4. The lowest BCUT2D eigenvalue weighted by atomic mass is 10.0. The topological polar surface area (TPSA) is 36.9 Å². The van der Waals surface area contributed by atoms with Crippen molar-refractivity contribution in [1.82, 2.24) is 0 Å². The van der Waals surface area contributed by atoms with Crippen LogP contribution >= 0.6 is 0 Å². The summed E-state index contributed by atoms with van der Waals surface area (Å²) in [5.74, 6) is -12.5. The van der Waals surface area contributed by atoms with Crippen molar-refractivity contribution in [2.45, 2.75) is 44.7 Å². The number of ether oxygens (including phenoxy) is 4. The van der Waals surface area contributed by atoms with Crippen molar-refractivity contribution >= 4 is 0 Å². The molecular formula is C22H19F9O4. The Hall–Kier alpha value is -2.67. The van der Waals surface area contributed by atoms with Crippen LogP contribution in [0.3, 0.4) is 0 Å². The van der Waals surface area contributed by atoms with Gasteiger partial charge in [-0.05, 0) is 6.42 Å². The van der Waals surface area contributed by atoms with Crippen LogP contribution in [-0.4, -0.2) is 25.6 Å². The minimum atomic E-state index is -4.88. The lowest BCUT2D eigenvalue weighted by Gasteiger charge is -2.33. The summed E-state index contributed by atoms with van der Waals surface area (Å²) in [5.41, 5.74) is -2.07. The molecule has 0 atom stereocenters. The van der Waals surface area contributed by atoms with Crippen LogP contribution in [0.5, 0.6) is 11.5 Å². The first kappa shape index (κ1) is 26.9. The number of halogens is 9. The molecule has 2 aromatic carbocycles. The molecule has 0 aliphatic carbocycles. The van der Waals surface area contributed by atoms with Crippen molar-refractivity contribution in [3.63, 3.8) is 0 Å². The molecule has 0 unspecified atom stereocenters. The van der Waals surface area contributed by atoms with E-state index >= 15 is 0 Å². The first-order chi connectivity index (χ1) is 16.3. The second-order valence-corrected chi connectivity index (χ2v) is 7.75. The van der Waals surface area contributed by atoms with Crippen molar-refractivity contribution in [2.75, 3.05) is 13.2 Å². The third-order valence-electron chi connectivity index (χ3n) is 4.97. The Morgan fingerprint density at radius 1 is 0.800 bits per heavy atom. The van der Waals surface area contributed by atoms with E-state index in [1.807, 2.05) is 6.92 Å². The average Bonchev–Trinajstić information content (AvgIpc) is 2.75. The Morgan fingerprint density at radius 2 is 1.29 bits per heavy atom. The molecule has 2 aromatic rings. The maximum absolute atomic E-state index is 14.4. The standard InChI is InChI=1S/C22H19F9O4/c1-2-3-4-11-9-32-20(33-10-11)22(30,31)35-12-5-14(23)18(15(24)6-12)21(28,29)34-13-7-16(25)19(27)17(26)8-13/h5-8,11,20H,2-4,9-10H2,1H3. The van der Waals surface area contributed by atoms with Gasteiger partial charge in [-0.3, -0.25) is 0 Å². The molecule has 194 valence electrons. The molecule has 13 heteroatoms. The third kappa shape index (κ3) is 6.31. The second kappa shape index (κ2) is 10.5. The van der Waals surface area contributed by atoms with E-state index in [-0.39, 0.29) is 43.4 Å². The molecule has 0 saturated carbocycles. The van der Waals surface area contributed by atoms with Crippen LogP contribution < -0.4 is 9.47 Å². The monoisotopic (exact) mass is 518 g/mol. The van der Waals surface area contributed by atoms with Gasteiger partial charge < -0.3 is 18.9 Å². The van der Waals surface area contributed by atoms with Crippen molar-refractivity contribution in [2.24, 2.45) is 5.92 Å². The molecule has 3 rings (SSSR count). The highest BCUT2D eigenvalue weighted by Crippen LogP contribution is 2.39. The zero-order valence-electron chi connectivity index (χ0n) is 18.0. The molecule has 1 fully saturated rings. The molecule has 0 amide bonds. The number of hydrogen-bond donors (Lipinski definition) is 0. The molecule has 1 saturated heterocycles. The lowest BCUT2D eigenvalue weighted by molar-refractivity contribution is -0.352. The number of benzene rings is 2. The van der Waals surface area contributed by atoms with Gasteiger partial charge in [0.15, 0.2) is 17.5 Å². The van der Waals surface area contributed by atoms with Crippen LogP contribution in [0.25, 0.3) is 0 Å². The van der Waals surface area contributed by atoms with Gasteiger partial charge in [0.1, 0.15) is 28.7 Å². The van der Waals surface area contributed by atoms with E-state index in [1.165, 1.54) is 0 Å². The Balaban J connectivity index is 1.74. The quantitative estimate of drug-likeness (QED) is 0.275. The summed E-state index contributed by atoms with van der Waals surface area (Å²) in [6.45, 7) is 1.81. The van der Waals surface area contributed by atoms with Crippen LogP contribution in [0, 0.1) is 35.0 Å². The van der Waals surface area contributed by atoms with Crippen molar-refractivity contribution < 1.29 is 58.5 Å². The van der Waals surface area contributed by atoms with Crippen LogP contribution in [-0.2, 0) is 15.6 Å². The van der Waals surface area contributed by atoms with E-state index in [1.54, 1.807) is 0 Å². The lowest BCUT2D eigenvalue weighted by Crippen LogP contribution is -2.47. The second-order valence-electron chi connectivity index (χ2n) is 7.75. The zero-order valence-corrected chi connectivity index (χ0v) is 18.0. The molecular weight excluding hydrogens is 499 g/mol. The molecule has 35 heavy (non-hydrogen) atoms. The summed E-state index contributed by atoms with van der Waals surface area (Å²) >= 11 is 0. The predicted octanol–water partition coefficient (Wildman–Crippen LogP) is 6.66. The van der Waals surface area contributed by atoms with Crippen LogP contribution in [0.2, 0.25) is 0 Å². The number of rotatable bonds is 9. The van der Waals surface area contributed by atoms with Gasteiger partial charge >= 0.3 is 12.2 Å². The molecule has 0 aromatic heterocycles. The highest BCUT2D eigenvalue weighted by Gasteiger charge is 2.48. The number of unbranched alkanes of at least 4 members (excludes halogenated alkanes) is 1. The zero-order chi connectivity index (χ0) is 26.0. The normalized spacial score (nSPS) is 19.0. The minimum Gasteiger partial charge on any atom is -0.429 e. The van der Waals surface area contributed by atoms with E-state index in [0.717, 1.165) is 12.8 Å². The predicted molar refractivity (Wildman–Crippen MR) is 101 cm³/mol. The summed E-state index contributed by atoms with van der Waals surface area (Å²) in [4.78, 5) is 0. The maximum atomic E-state index is 14.4. The Labute approximate surface area is 193 Å². The van der Waals surface area contributed by atoms with Crippen molar-refractivity contribution in [3.05, 3.63) is 58.9 Å². The molecule has 4 nitrogen and oxygen atoms in total. The van der Waals surface area contributed by atoms with Crippen LogP contribution in [0.15, 0.2) is 24.3 Å². The maximum Gasteiger partial charge on any atom is 0.451 e. The van der Waals surface area contributed by atoms with E-state index in [0.29, 0.717) is 6.42 Å². The fourth-order valence-corrected chi connectivity index (χ4v) is 3.28. The van der Waals surface area contributed by atoms with Gasteiger partial charge in [-0.15, -0.1) is 0 Å². The fraction of sp³-hybridized carbons (Fsp3) is 0.455. The molecule has 1 heterocycles. The summed E-state index contributed by atoms with van der Waals surface area (Å²) < 4.78 is 144. The van der Waals surface area contributed by atoms with E-state index in [9.17, 15) is 39.5 Å². The minimum absolute atomic E-state index is 0.0249. The molecule has 0 radical (unpaired) electrons. The molecule has 1 aliphatic heterocycles. The molecule has 0 bridgehead atoms. The van der Waals surface area contributed by atoms with Crippen LogP contribution in [0.4, 0.5) is 39.5 Å². The highest BCUT2D eigenvalue weighted by molar-refractivity contribution is 5.34. The molecule has 0 N–H and O–H groups in total. The highest BCUT2D eigenvalue weighted by atomic mass is 19.3. The largest absolute Gasteiger partial charge is 0.451 e. The van der Waals surface area contributed by atoms with E-state index in [2.05, 4.69) is 9.47 Å². The summed E-state index contributed by atoms with van der Waals surface area (Å²) in [6.07, 6.45) is -8.93. The number of hydrogen-bond acceptors (Lipinski definition) is 4. The first-order valence-corrected chi connectivity index (χ1v) is 10.3. The molecule has 0 spiro atoms. The summed E-state index contributed by atoms with van der Waals surface area (Å²) in [7, 11) is 0. The van der Waals surface area contributed by atoms with E-state index < -0.39 is 64.7 Å². The van der Waals surface area contributed by atoms with Gasteiger partial charge in [0.05, 0.1) is 13.2 Å². The van der Waals surface area contributed by atoms with Gasteiger partial charge in [-0.2, -0.15) is 17.6 Å². The van der Waals surface area contributed by atoms with E-state index in [4.69, 9.17) is 9.47 Å². The van der Waals surface area contributed by atoms with Crippen molar-refractivity contribution in [1.29, 1.82) is 0 Å². The average molecular weight is 518 g/mol. The van der Waals surface area contributed by atoms with Crippen molar-refractivity contribution in [3.8, 4) is 11.5 Å². The Bertz CT molecular complexity index is 994. The van der Waals surface area contributed by atoms with Gasteiger partial charge in [0.25, 0.3) is 6.29 Å². The van der Waals surface area contributed by atoms with Gasteiger partial charge in [0.2, 0.25) is 0 Å². The smallest absolute Gasteiger partial charge is 0.429 e. The Morgan fingerprint density at radius 3 is 1.80 bits per heavy atom. The third-order valence-corrected chi connectivity index (χ3v) is 4.97. The molecule has 1 aliphatic rings. The van der Waals surface area contributed by atoms with Crippen LogP contribution in [0.1, 0.15) is 31.7 Å². The van der Waals surface area contributed by atoms with Gasteiger partial charge in [-0.25, -0.2) is 22.0 Å². The summed E-state index contributed by atoms with van der Waals surface area (Å²) in [6, 6.07) is 0.110. The SMILES string of the molecule is CCCCC1COC(C(F)(F)Oc2cc(F)c(C(F)(F)Oc3cc(F)c(F)c(F)c3)c(F)c2)OC1. The first-order valence-electron chi connectivity index (χ1n) is 10.3. The fourth-order valence-electron chi connectivity index (χ4n) is 3.28. The Kier molecular flexibility index (Phi) is 8.10.